The van der Waals surface area contributed by atoms with Crippen molar-refractivity contribution in [3.05, 3.63) is 54.1 Å². The first-order valence-corrected chi connectivity index (χ1v) is 9.17. The van der Waals surface area contributed by atoms with Crippen molar-refractivity contribution in [1.29, 1.82) is 0 Å². The van der Waals surface area contributed by atoms with Gasteiger partial charge in [0.2, 0.25) is 5.91 Å². The number of benzene rings is 2. The van der Waals surface area contributed by atoms with Crippen LogP contribution in [0.25, 0.3) is 11.1 Å². The van der Waals surface area contributed by atoms with E-state index in [9.17, 15) is 4.79 Å². The van der Waals surface area contributed by atoms with Gasteiger partial charge in [0, 0.05) is 12.0 Å². The smallest absolute Gasteiger partial charge is 0.223 e. The molecule has 25 heavy (non-hydrogen) atoms. The molecule has 1 unspecified atom stereocenters. The van der Waals surface area contributed by atoms with Crippen molar-refractivity contribution >= 4 is 5.91 Å². The Morgan fingerprint density at radius 3 is 2.08 bits per heavy atom. The molecule has 2 aromatic carbocycles. The maximum absolute atomic E-state index is 11.8. The van der Waals surface area contributed by atoms with E-state index < -0.39 is 0 Å². The summed E-state index contributed by atoms with van der Waals surface area (Å²) in [4.78, 5) is 11.8. The molecular formula is C22H27NO2. The summed E-state index contributed by atoms with van der Waals surface area (Å²) >= 11 is 0. The summed E-state index contributed by atoms with van der Waals surface area (Å²) in [6.07, 6.45) is 3.15. The Morgan fingerprint density at radius 2 is 1.56 bits per heavy atom. The fraction of sp³-hybridized carbons (Fsp3) is 0.409. The van der Waals surface area contributed by atoms with Crippen LogP contribution in [0.5, 0.6) is 5.75 Å². The normalized spacial score (nSPS) is 15.0. The van der Waals surface area contributed by atoms with E-state index in [1.807, 2.05) is 26.0 Å². The molecular weight excluding hydrogens is 310 g/mol. The van der Waals surface area contributed by atoms with Crippen molar-refractivity contribution < 1.29 is 9.53 Å². The number of hydrogen-bond donors (Lipinski definition) is 1. The maximum Gasteiger partial charge on any atom is 0.223 e. The van der Waals surface area contributed by atoms with Crippen molar-refractivity contribution in [1.82, 2.24) is 5.32 Å². The summed E-state index contributed by atoms with van der Waals surface area (Å²) < 4.78 is 5.69. The number of ether oxygens (including phenoxy) is 1. The van der Waals surface area contributed by atoms with Crippen LogP contribution in [0.3, 0.4) is 0 Å². The number of amides is 1. The molecule has 1 amide bonds. The van der Waals surface area contributed by atoms with Crippen molar-refractivity contribution in [3.8, 4) is 16.9 Å². The van der Waals surface area contributed by atoms with Gasteiger partial charge in [0.25, 0.3) is 0 Å². The van der Waals surface area contributed by atoms with Crippen molar-refractivity contribution in [2.45, 2.75) is 52.2 Å². The van der Waals surface area contributed by atoms with Gasteiger partial charge in [-0.1, -0.05) is 36.4 Å². The van der Waals surface area contributed by atoms with Crippen LogP contribution in [-0.4, -0.2) is 18.1 Å². The Labute approximate surface area is 150 Å². The SMILES string of the molecule is CC(Cc1ccc(-c2ccc(OC(C)C)cc2)cc1)NC(=O)C1CC1. The molecule has 0 saturated heterocycles. The molecule has 1 N–H and O–H groups in total. The highest BCUT2D eigenvalue weighted by atomic mass is 16.5. The molecule has 2 aromatic rings. The summed E-state index contributed by atoms with van der Waals surface area (Å²) in [5.41, 5.74) is 3.61. The molecule has 0 aliphatic heterocycles. The second kappa shape index (κ2) is 7.73. The van der Waals surface area contributed by atoms with Crippen LogP contribution in [0.4, 0.5) is 0 Å². The largest absolute Gasteiger partial charge is 0.491 e. The number of nitrogens with one attached hydrogen (secondary N) is 1. The molecule has 132 valence electrons. The second-order valence-corrected chi connectivity index (χ2v) is 7.28. The summed E-state index contributed by atoms with van der Waals surface area (Å²) in [7, 11) is 0. The molecule has 1 aliphatic carbocycles. The zero-order valence-electron chi connectivity index (χ0n) is 15.3. The van der Waals surface area contributed by atoms with Crippen LogP contribution in [0, 0.1) is 5.92 Å². The lowest BCUT2D eigenvalue weighted by Crippen LogP contribution is -2.35. The number of carbonyl (C=O) groups is 1. The van der Waals surface area contributed by atoms with E-state index >= 15 is 0 Å². The van der Waals surface area contributed by atoms with Gasteiger partial charge in [0.1, 0.15) is 5.75 Å². The van der Waals surface area contributed by atoms with Gasteiger partial charge in [-0.25, -0.2) is 0 Å². The fourth-order valence-corrected chi connectivity index (χ4v) is 2.94. The highest BCUT2D eigenvalue weighted by Crippen LogP contribution is 2.29. The zero-order valence-corrected chi connectivity index (χ0v) is 15.3. The molecule has 3 heteroatoms. The topological polar surface area (TPSA) is 38.3 Å². The summed E-state index contributed by atoms with van der Waals surface area (Å²) in [6, 6.07) is 17.0. The van der Waals surface area contributed by atoms with E-state index in [0.717, 1.165) is 25.0 Å². The van der Waals surface area contributed by atoms with E-state index in [2.05, 4.69) is 48.6 Å². The monoisotopic (exact) mass is 337 g/mol. The minimum absolute atomic E-state index is 0.173. The van der Waals surface area contributed by atoms with Gasteiger partial charge in [0.15, 0.2) is 0 Å². The average Bonchev–Trinajstić information content (AvgIpc) is 3.41. The standard InChI is InChI=1S/C22H27NO2/c1-15(2)25-21-12-10-19(11-13-21)18-6-4-17(5-7-18)14-16(3)23-22(24)20-8-9-20/h4-7,10-13,15-16,20H,8-9,14H2,1-3H3,(H,23,24). The first kappa shape index (κ1) is 17.5. The molecule has 3 rings (SSSR count). The Kier molecular flexibility index (Phi) is 5.42. The first-order chi connectivity index (χ1) is 12.0. The van der Waals surface area contributed by atoms with Crippen LogP contribution < -0.4 is 10.1 Å². The Balaban J connectivity index is 1.58. The van der Waals surface area contributed by atoms with Crippen molar-refractivity contribution in [2.24, 2.45) is 5.92 Å². The van der Waals surface area contributed by atoms with Gasteiger partial charge in [0.05, 0.1) is 6.10 Å². The third kappa shape index (κ3) is 5.09. The van der Waals surface area contributed by atoms with Crippen LogP contribution >= 0.6 is 0 Å². The zero-order chi connectivity index (χ0) is 17.8. The van der Waals surface area contributed by atoms with Crippen LogP contribution in [-0.2, 0) is 11.2 Å². The average molecular weight is 337 g/mol. The lowest BCUT2D eigenvalue weighted by atomic mass is 10.0. The third-order valence-corrected chi connectivity index (χ3v) is 4.39. The molecule has 1 saturated carbocycles. The number of rotatable bonds is 7. The summed E-state index contributed by atoms with van der Waals surface area (Å²) in [6.45, 7) is 6.13. The molecule has 1 fully saturated rings. The minimum atomic E-state index is 0.173. The summed E-state index contributed by atoms with van der Waals surface area (Å²) in [5.74, 6) is 1.39. The highest BCUT2D eigenvalue weighted by molar-refractivity contribution is 5.81. The summed E-state index contributed by atoms with van der Waals surface area (Å²) in [5, 5.41) is 3.11. The lowest BCUT2D eigenvalue weighted by Gasteiger charge is -2.14. The van der Waals surface area contributed by atoms with Gasteiger partial charge >= 0.3 is 0 Å². The molecule has 3 nitrogen and oxygen atoms in total. The predicted molar refractivity (Wildman–Crippen MR) is 102 cm³/mol. The van der Waals surface area contributed by atoms with Crippen molar-refractivity contribution in [2.75, 3.05) is 0 Å². The van der Waals surface area contributed by atoms with Crippen LogP contribution in [0.15, 0.2) is 48.5 Å². The van der Waals surface area contributed by atoms with Crippen LogP contribution in [0.2, 0.25) is 0 Å². The molecule has 0 spiro atoms. The first-order valence-electron chi connectivity index (χ1n) is 9.17. The van der Waals surface area contributed by atoms with Gasteiger partial charge in [-0.3, -0.25) is 4.79 Å². The fourth-order valence-electron chi connectivity index (χ4n) is 2.94. The van der Waals surface area contributed by atoms with Gasteiger partial charge in [-0.05, 0) is 68.9 Å². The van der Waals surface area contributed by atoms with Gasteiger partial charge < -0.3 is 10.1 Å². The molecule has 0 heterocycles. The highest BCUT2D eigenvalue weighted by Gasteiger charge is 2.30. The Hall–Kier alpha value is -2.29. The van der Waals surface area contributed by atoms with E-state index in [1.165, 1.54) is 16.7 Å². The molecule has 1 atom stereocenters. The van der Waals surface area contributed by atoms with E-state index in [0.29, 0.717) is 0 Å². The third-order valence-electron chi connectivity index (χ3n) is 4.39. The maximum atomic E-state index is 11.8. The quantitative estimate of drug-likeness (QED) is 0.802. The predicted octanol–water partition coefficient (Wildman–Crippen LogP) is 4.60. The van der Waals surface area contributed by atoms with E-state index in [1.54, 1.807) is 0 Å². The second-order valence-electron chi connectivity index (χ2n) is 7.28. The van der Waals surface area contributed by atoms with Gasteiger partial charge in [-0.15, -0.1) is 0 Å². The minimum Gasteiger partial charge on any atom is -0.491 e. The molecule has 0 radical (unpaired) electrons. The number of carbonyl (C=O) groups excluding carboxylic acids is 1. The molecule has 0 bridgehead atoms. The number of hydrogen-bond acceptors (Lipinski definition) is 2. The lowest BCUT2D eigenvalue weighted by molar-refractivity contribution is -0.122. The Morgan fingerprint density at radius 1 is 1.00 bits per heavy atom. The van der Waals surface area contributed by atoms with Gasteiger partial charge in [-0.2, -0.15) is 0 Å². The van der Waals surface area contributed by atoms with Crippen LogP contribution in [0.1, 0.15) is 39.2 Å². The molecule has 1 aliphatic rings. The molecule has 0 aromatic heterocycles. The van der Waals surface area contributed by atoms with E-state index in [4.69, 9.17) is 4.74 Å². The van der Waals surface area contributed by atoms with Crippen molar-refractivity contribution in [3.63, 3.8) is 0 Å². The Bertz CT molecular complexity index is 700. The van der Waals surface area contributed by atoms with E-state index in [-0.39, 0.29) is 24.0 Å².